The molecule has 0 saturated heterocycles. The van der Waals surface area contributed by atoms with Crippen LogP contribution in [0.2, 0.25) is 0 Å². The van der Waals surface area contributed by atoms with Crippen LogP contribution in [-0.4, -0.2) is 20.2 Å². The van der Waals surface area contributed by atoms with Crippen LogP contribution in [0.25, 0.3) is 6.08 Å². The molecular weight excluding hydrogens is 242 g/mol. The van der Waals surface area contributed by atoms with Crippen LogP contribution in [0.5, 0.6) is 5.75 Å². The highest BCUT2D eigenvalue weighted by Crippen LogP contribution is 2.27. The normalized spacial score (nSPS) is 10.7. The Kier molecular flexibility index (Phi) is 5.62. The molecule has 0 fully saturated rings. The van der Waals surface area contributed by atoms with Gasteiger partial charge in [-0.1, -0.05) is 31.5 Å². The van der Waals surface area contributed by atoms with E-state index in [9.17, 15) is 4.79 Å². The maximum absolute atomic E-state index is 11.4. The van der Waals surface area contributed by atoms with Crippen molar-refractivity contribution < 1.29 is 14.3 Å². The Balaban J connectivity index is 3.27. The number of para-hydroxylation sites is 1. The first-order chi connectivity index (χ1) is 9.17. The summed E-state index contributed by atoms with van der Waals surface area (Å²) in [5.74, 6) is 0.0476. The van der Waals surface area contributed by atoms with Crippen LogP contribution in [-0.2, 0) is 16.0 Å². The van der Waals surface area contributed by atoms with Gasteiger partial charge >= 0.3 is 5.97 Å². The largest absolute Gasteiger partial charge is 0.496 e. The lowest BCUT2D eigenvalue weighted by molar-refractivity contribution is -0.135. The van der Waals surface area contributed by atoms with Crippen molar-refractivity contribution in [1.82, 2.24) is 0 Å². The molecule has 0 aliphatic rings. The van der Waals surface area contributed by atoms with Crippen LogP contribution in [0, 0.1) is 11.3 Å². The van der Waals surface area contributed by atoms with Gasteiger partial charge in [0.25, 0.3) is 0 Å². The zero-order chi connectivity index (χ0) is 14.3. The minimum atomic E-state index is -0.648. The molecule has 1 aromatic carbocycles. The monoisotopic (exact) mass is 259 g/mol. The molecule has 1 aromatic rings. The molecule has 0 spiro atoms. The third kappa shape index (κ3) is 3.59. The van der Waals surface area contributed by atoms with E-state index in [1.807, 2.05) is 18.2 Å². The van der Waals surface area contributed by atoms with Crippen molar-refractivity contribution in [2.75, 3.05) is 14.2 Å². The quantitative estimate of drug-likeness (QED) is 0.463. The third-order valence-electron chi connectivity index (χ3n) is 2.68. The fourth-order valence-corrected chi connectivity index (χ4v) is 1.84. The molecule has 0 aromatic heterocycles. The smallest absolute Gasteiger partial charge is 0.348 e. The van der Waals surface area contributed by atoms with E-state index in [2.05, 4.69) is 11.7 Å². The lowest BCUT2D eigenvalue weighted by Crippen LogP contribution is -2.03. The number of ether oxygens (including phenoxy) is 2. The van der Waals surface area contributed by atoms with Crippen molar-refractivity contribution in [2.24, 2.45) is 0 Å². The first-order valence-electron chi connectivity index (χ1n) is 6.03. The van der Waals surface area contributed by atoms with Gasteiger partial charge in [0.1, 0.15) is 17.4 Å². The fourth-order valence-electron chi connectivity index (χ4n) is 1.84. The second kappa shape index (κ2) is 7.22. The van der Waals surface area contributed by atoms with Gasteiger partial charge in [0.05, 0.1) is 14.2 Å². The molecule has 19 heavy (non-hydrogen) atoms. The molecule has 0 heterocycles. The first kappa shape index (κ1) is 14.8. The Hall–Kier alpha value is -2.28. The van der Waals surface area contributed by atoms with E-state index in [0.29, 0.717) is 11.3 Å². The van der Waals surface area contributed by atoms with Gasteiger partial charge in [-0.3, -0.25) is 0 Å². The van der Waals surface area contributed by atoms with E-state index >= 15 is 0 Å². The Bertz CT molecular complexity index is 527. The summed E-state index contributed by atoms with van der Waals surface area (Å²) in [7, 11) is 2.83. The van der Waals surface area contributed by atoms with Gasteiger partial charge in [-0.15, -0.1) is 0 Å². The molecule has 1 rings (SSSR count). The molecule has 4 heteroatoms. The maximum atomic E-state index is 11.4. The lowest BCUT2D eigenvalue weighted by atomic mass is 10.0. The number of nitrogens with zero attached hydrogens (tertiary/aromatic N) is 1. The third-order valence-corrected chi connectivity index (χ3v) is 2.68. The zero-order valence-electron chi connectivity index (χ0n) is 11.4. The molecule has 0 aliphatic carbocycles. The number of carbonyl (C=O) groups excluding carboxylic acids is 1. The number of esters is 1. The summed E-state index contributed by atoms with van der Waals surface area (Å²) in [4.78, 5) is 11.4. The lowest BCUT2D eigenvalue weighted by Gasteiger charge is -2.11. The number of carbonyl (C=O) groups is 1. The molecule has 100 valence electrons. The molecule has 0 saturated carbocycles. The highest BCUT2D eigenvalue weighted by molar-refractivity contribution is 5.98. The van der Waals surface area contributed by atoms with Gasteiger partial charge in [-0.25, -0.2) is 4.79 Å². The summed E-state index contributed by atoms with van der Waals surface area (Å²) in [6.07, 6.45) is 3.36. The van der Waals surface area contributed by atoms with Gasteiger partial charge in [0.15, 0.2) is 0 Å². The van der Waals surface area contributed by atoms with E-state index in [4.69, 9.17) is 10.00 Å². The van der Waals surface area contributed by atoms with Gasteiger partial charge in [-0.05, 0) is 18.1 Å². The van der Waals surface area contributed by atoms with Crippen molar-refractivity contribution in [3.63, 3.8) is 0 Å². The number of hydrogen-bond acceptors (Lipinski definition) is 4. The van der Waals surface area contributed by atoms with E-state index in [1.165, 1.54) is 13.2 Å². The molecule has 0 unspecified atom stereocenters. The number of methoxy groups -OCH3 is 2. The van der Waals surface area contributed by atoms with Crippen molar-refractivity contribution in [2.45, 2.75) is 19.8 Å². The molecule has 0 aliphatic heterocycles. The maximum Gasteiger partial charge on any atom is 0.348 e. The topological polar surface area (TPSA) is 59.3 Å². The van der Waals surface area contributed by atoms with E-state index in [1.54, 1.807) is 13.2 Å². The van der Waals surface area contributed by atoms with Crippen molar-refractivity contribution in [3.8, 4) is 11.8 Å². The van der Waals surface area contributed by atoms with Crippen molar-refractivity contribution in [1.29, 1.82) is 5.26 Å². The van der Waals surface area contributed by atoms with Crippen LogP contribution in [0.15, 0.2) is 23.8 Å². The summed E-state index contributed by atoms with van der Waals surface area (Å²) in [6, 6.07) is 7.50. The zero-order valence-corrected chi connectivity index (χ0v) is 11.4. The summed E-state index contributed by atoms with van der Waals surface area (Å²) < 4.78 is 9.94. The Labute approximate surface area is 113 Å². The number of benzene rings is 1. The molecular formula is C15H17NO3. The molecule has 0 radical (unpaired) electrons. The molecule has 0 N–H and O–H groups in total. The molecule has 0 atom stereocenters. The number of nitriles is 1. The summed E-state index contributed by atoms with van der Waals surface area (Å²) in [5.41, 5.74) is 1.71. The molecule has 4 nitrogen and oxygen atoms in total. The summed E-state index contributed by atoms with van der Waals surface area (Å²) in [6.45, 7) is 2.08. The first-order valence-corrected chi connectivity index (χ1v) is 6.03. The minimum absolute atomic E-state index is 0.0468. The highest BCUT2D eigenvalue weighted by Gasteiger charge is 2.12. The van der Waals surface area contributed by atoms with Crippen molar-refractivity contribution in [3.05, 3.63) is 34.9 Å². The van der Waals surface area contributed by atoms with E-state index in [-0.39, 0.29) is 5.57 Å². The van der Waals surface area contributed by atoms with Crippen LogP contribution >= 0.6 is 0 Å². The standard InChI is InChI=1S/C15H17NO3/c1-4-6-11-7-5-8-12(14(11)18-2)9-13(10-16)15(17)19-3/h5,7-9H,4,6H2,1-3H3. The van der Waals surface area contributed by atoms with Gasteiger partial charge in [0, 0.05) is 5.56 Å². The SMILES string of the molecule is CCCc1cccc(C=C(C#N)C(=O)OC)c1OC. The van der Waals surface area contributed by atoms with Crippen molar-refractivity contribution >= 4 is 12.0 Å². The van der Waals surface area contributed by atoms with Gasteiger partial charge in [0.2, 0.25) is 0 Å². The Morgan fingerprint density at radius 2 is 2.16 bits per heavy atom. The molecule has 0 bridgehead atoms. The number of rotatable bonds is 5. The second-order valence-corrected chi connectivity index (χ2v) is 3.95. The van der Waals surface area contributed by atoms with Gasteiger partial charge < -0.3 is 9.47 Å². The van der Waals surface area contributed by atoms with Crippen LogP contribution in [0.1, 0.15) is 24.5 Å². The van der Waals surface area contributed by atoms with E-state index in [0.717, 1.165) is 18.4 Å². The Morgan fingerprint density at radius 1 is 1.42 bits per heavy atom. The van der Waals surface area contributed by atoms with Gasteiger partial charge in [-0.2, -0.15) is 5.26 Å². The summed E-state index contributed by atoms with van der Waals surface area (Å²) >= 11 is 0. The average molecular weight is 259 g/mol. The second-order valence-electron chi connectivity index (χ2n) is 3.95. The predicted molar refractivity (Wildman–Crippen MR) is 72.6 cm³/mol. The number of aryl methyl sites for hydroxylation is 1. The number of hydrogen-bond donors (Lipinski definition) is 0. The Morgan fingerprint density at radius 3 is 2.68 bits per heavy atom. The summed E-state index contributed by atoms with van der Waals surface area (Å²) in [5, 5.41) is 8.97. The highest BCUT2D eigenvalue weighted by atomic mass is 16.5. The van der Waals surface area contributed by atoms with Crippen LogP contribution < -0.4 is 4.74 Å². The average Bonchev–Trinajstić information content (AvgIpc) is 2.44. The predicted octanol–water partition coefficient (Wildman–Crippen LogP) is 2.73. The molecule has 0 amide bonds. The van der Waals surface area contributed by atoms with E-state index < -0.39 is 5.97 Å². The van der Waals surface area contributed by atoms with Crippen LogP contribution in [0.4, 0.5) is 0 Å². The van der Waals surface area contributed by atoms with Crippen LogP contribution in [0.3, 0.4) is 0 Å². The minimum Gasteiger partial charge on any atom is -0.496 e. The fraction of sp³-hybridized carbons (Fsp3) is 0.333.